The Labute approximate surface area is 115 Å². The van der Waals surface area contributed by atoms with Crippen LogP contribution in [0.15, 0.2) is 42.6 Å². The molecule has 2 N–H and O–H groups in total. The Kier molecular flexibility index (Phi) is 4.53. The van der Waals surface area contributed by atoms with Crippen LogP contribution < -0.4 is 5.73 Å². The molecule has 0 atom stereocenters. The largest absolute Gasteiger partial charge is 0.398 e. The van der Waals surface area contributed by atoms with Crippen molar-refractivity contribution in [3.05, 3.63) is 59.4 Å². The third-order valence-electron chi connectivity index (χ3n) is 3.39. The molecule has 0 aliphatic heterocycles. The van der Waals surface area contributed by atoms with Crippen molar-refractivity contribution in [1.82, 2.24) is 9.88 Å². The van der Waals surface area contributed by atoms with Crippen molar-refractivity contribution in [2.75, 3.05) is 12.3 Å². The molecule has 3 nitrogen and oxygen atoms in total. The molecular formula is C16H21N3. The molecule has 0 amide bonds. The number of aromatic nitrogens is 1. The van der Waals surface area contributed by atoms with E-state index >= 15 is 0 Å². The van der Waals surface area contributed by atoms with Crippen molar-refractivity contribution in [3.8, 4) is 0 Å². The first-order valence-electron chi connectivity index (χ1n) is 6.67. The van der Waals surface area contributed by atoms with Gasteiger partial charge in [0.15, 0.2) is 0 Å². The van der Waals surface area contributed by atoms with Gasteiger partial charge in [-0.3, -0.25) is 9.88 Å². The first kappa shape index (κ1) is 13.6. The van der Waals surface area contributed by atoms with Gasteiger partial charge in [0.05, 0.1) is 5.69 Å². The maximum Gasteiger partial charge on any atom is 0.0573 e. The zero-order valence-electron chi connectivity index (χ0n) is 11.6. The highest BCUT2D eigenvalue weighted by Gasteiger charge is 2.09. The van der Waals surface area contributed by atoms with Crippen LogP contribution in [0.25, 0.3) is 0 Å². The quantitative estimate of drug-likeness (QED) is 0.835. The molecule has 2 aromatic rings. The number of nitrogens with two attached hydrogens (primary N) is 1. The molecule has 0 aliphatic carbocycles. The van der Waals surface area contributed by atoms with Gasteiger partial charge in [-0.15, -0.1) is 0 Å². The molecule has 0 unspecified atom stereocenters. The lowest BCUT2D eigenvalue weighted by molar-refractivity contribution is 0.268. The van der Waals surface area contributed by atoms with Crippen LogP contribution in [0.2, 0.25) is 0 Å². The predicted octanol–water partition coefficient (Wildman–Crippen LogP) is 2.99. The van der Waals surface area contributed by atoms with Gasteiger partial charge in [0, 0.05) is 25.0 Å². The van der Waals surface area contributed by atoms with Crippen LogP contribution in [0, 0.1) is 6.92 Å². The summed E-state index contributed by atoms with van der Waals surface area (Å²) < 4.78 is 0. The summed E-state index contributed by atoms with van der Waals surface area (Å²) in [5.74, 6) is 0. The molecule has 0 spiro atoms. The second-order valence-corrected chi connectivity index (χ2v) is 4.77. The van der Waals surface area contributed by atoms with E-state index in [4.69, 9.17) is 5.73 Å². The van der Waals surface area contributed by atoms with Crippen molar-refractivity contribution in [2.45, 2.75) is 26.9 Å². The summed E-state index contributed by atoms with van der Waals surface area (Å²) in [6.45, 7) is 6.96. The number of hydrogen-bond donors (Lipinski definition) is 1. The van der Waals surface area contributed by atoms with E-state index in [0.717, 1.165) is 31.0 Å². The maximum absolute atomic E-state index is 6.00. The molecule has 0 radical (unpaired) electrons. The topological polar surface area (TPSA) is 42.1 Å². The highest BCUT2D eigenvalue weighted by atomic mass is 15.1. The summed E-state index contributed by atoms with van der Waals surface area (Å²) >= 11 is 0. The molecule has 0 saturated heterocycles. The summed E-state index contributed by atoms with van der Waals surface area (Å²) in [6, 6.07) is 12.1. The van der Waals surface area contributed by atoms with E-state index in [9.17, 15) is 0 Å². The minimum Gasteiger partial charge on any atom is -0.398 e. The average molecular weight is 255 g/mol. The molecule has 0 fully saturated rings. The highest BCUT2D eigenvalue weighted by molar-refractivity contribution is 5.46. The first-order valence-corrected chi connectivity index (χ1v) is 6.67. The molecule has 0 aliphatic rings. The summed E-state index contributed by atoms with van der Waals surface area (Å²) in [5.41, 5.74) is 10.4. The Morgan fingerprint density at radius 3 is 2.58 bits per heavy atom. The standard InChI is InChI=1S/C16H21N3/c1-3-19(11-14-8-4-5-9-15(14)17)12-16-13(2)7-6-10-18-16/h4-10H,3,11-12,17H2,1-2H3. The Hall–Kier alpha value is -1.87. The molecular weight excluding hydrogens is 234 g/mol. The van der Waals surface area contributed by atoms with E-state index in [1.165, 1.54) is 11.1 Å². The normalized spacial score (nSPS) is 10.9. The number of hydrogen-bond acceptors (Lipinski definition) is 3. The zero-order chi connectivity index (χ0) is 13.7. The Morgan fingerprint density at radius 2 is 1.89 bits per heavy atom. The fourth-order valence-corrected chi connectivity index (χ4v) is 2.09. The lowest BCUT2D eigenvalue weighted by Gasteiger charge is -2.21. The lowest BCUT2D eigenvalue weighted by atomic mass is 10.1. The maximum atomic E-state index is 6.00. The second-order valence-electron chi connectivity index (χ2n) is 4.77. The van der Waals surface area contributed by atoms with Crippen molar-refractivity contribution >= 4 is 5.69 Å². The summed E-state index contributed by atoms with van der Waals surface area (Å²) in [4.78, 5) is 6.81. The predicted molar refractivity (Wildman–Crippen MR) is 79.6 cm³/mol. The summed E-state index contributed by atoms with van der Waals surface area (Å²) in [5, 5.41) is 0. The van der Waals surface area contributed by atoms with E-state index in [0.29, 0.717) is 0 Å². The van der Waals surface area contributed by atoms with Crippen molar-refractivity contribution in [3.63, 3.8) is 0 Å². The van der Waals surface area contributed by atoms with Crippen LogP contribution in [0.1, 0.15) is 23.7 Å². The van der Waals surface area contributed by atoms with Crippen LogP contribution in [-0.2, 0) is 13.1 Å². The number of rotatable bonds is 5. The number of aryl methyl sites for hydroxylation is 1. The van der Waals surface area contributed by atoms with Gasteiger partial charge in [-0.2, -0.15) is 0 Å². The number of benzene rings is 1. The van der Waals surface area contributed by atoms with E-state index < -0.39 is 0 Å². The SMILES string of the molecule is CCN(Cc1ccccc1N)Cc1ncccc1C. The number of nitrogen functional groups attached to an aromatic ring is 1. The van der Waals surface area contributed by atoms with Gasteiger partial charge >= 0.3 is 0 Å². The van der Waals surface area contributed by atoms with Gasteiger partial charge < -0.3 is 5.73 Å². The molecule has 100 valence electrons. The minimum atomic E-state index is 0.859. The average Bonchev–Trinajstić information content (AvgIpc) is 2.42. The van der Waals surface area contributed by atoms with Crippen LogP contribution in [0.3, 0.4) is 0 Å². The van der Waals surface area contributed by atoms with Gasteiger partial charge in [-0.05, 0) is 36.7 Å². The Bertz CT molecular complexity index is 490. The van der Waals surface area contributed by atoms with E-state index in [-0.39, 0.29) is 0 Å². The zero-order valence-corrected chi connectivity index (χ0v) is 11.6. The molecule has 2 rings (SSSR count). The molecule has 3 heteroatoms. The third kappa shape index (κ3) is 3.55. The first-order chi connectivity index (χ1) is 9.20. The van der Waals surface area contributed by atoms with Gasteiger partial charge in [0.1, 0.15) is 0 Å². The molecule has 1 aromatic carbocycles. The lowest BCUT2D eigenvalue weighted by Crippen LogP contribution is -2.23. The van der Waals surface area contributed by atoms with Gasteiger partial charge in [0.25, 0.3) is 0 Å². The molecule has 1 heterocycles. The molecule has 0 saturated carbocycles. The Balaban J connectivity index is 2.09. The van der Waals surface area contributed by atoms with Crippen molar-refractivity contribution in [1.29, 1.82) is 0 Å². The third-order valence-corrected chi connectivity index (χ3v) is 3.39. The Morgan fingerprint density at radius 1 is 1.11 bits per heavy atom. The second kappa shape index (κ2) is 6.34. The van der Waals surface area contributed by atoms with Crippen LogP contribution in [0.4, 0.5) is 5.69 Å². The van der Waals surface area contributed by atoms with Crippen LogP contribution in [-0.4, -0.2) is 16.4 Å². The van der Waals surface area contributed by atoms with Crippen LogP contribution >= 0.6 is 0 Å². The van der Waals surface area contributed by atoms with E-state index in [1.54, 1.807) is 0 Å². The minimum absolute atomic E-state index is 0.859. The fraction of sp³-hybridized carbons (Fsp3) is 0.312. The molecule has 19 heavy (non-hydrogen) atoms. The summed E-state index contributed by atoms with van der Waals surface area (Å²) in [7, 11) is 0. The molecule has 1 aromatic heterocycles. The van der Waals surface area contributed by atoms with Gasteiger partial charge in [-0.25, -0.2) is 0 Å². The van der Waals surface area contributed by atoms with E-state index in [2.05, 4.69) is 35.9 Å². The monoisotopic (exact) mass is 255 g/mol. The summed E-state index contributed by atoms with van der Waals surface area (Å²) in [6.07, 6.45) is 1.85. The fourth-order valence-electron chi connectivity index (χ4n) is 2.09. The van der Waals surface area contributed by atoms with E-state index in [1.807, 2.05) is 30.5 Å². The molecule has 0 bridgehead atoms. The van der Waals surface area contributed by atoms with Crippen molar-refractivity contribution < 1.29 is 0 Å². The van der Waals surface area contributed by atoms with Gasteiger partial charge in [-0.1, -0.05) is 31.2 Å². The smallest absolute Gasteiger partial charge is 0.0573 e. The highest BCUT2D eigenvalue weighted by Crippen LogP contribution is 2.15. The van der Waals surface area contributed by atoms with Crippen molar-refractivity contribution in [2.24, 2.45) is 0 Å². The number of anilines is 1. The number of nitrogens with zero attached hydrogens (tertiary/aromatic N) is 2. The van der Waals surface area contributed by atoms with Gasteiger partial charge in [0.2, 0.25) is 0 Å². The van der Waals surface area contributed by atoms with Crippen LogP contribution in [0.5, 0.6) is 0 Å². The number of pyridine rings is 1. The number of para-hydroxylation sites is 1.